The zero-order chi connectivity index (χ0) is 11.5. The van der Waals surface area contributed by atoms with E-state index in [0.717, 1.165) is 18.0 Å². The van der Waals surface area contributed by atoms with E-state index < -0.39 is 0 Å². The van der Waals surface area contributed by atoms with Crippen molar-refractivity contribution in [3.05, 3.63) is 34.9 Å². The molecule has 2 heteroatoms. The monoisotopic (exact) mass is 214 g/mol. The first kappa shape index (κ1) is 11.2. The van der Waals surface area contributed by atoms with Crippen molar-refractivity contribution in [2.45, 2.75) is 39.3 Å². The van der Waals surface area contributed by atoms with Crippen molar-refractivity contribution in [1.82, 2.24) is 5.32 Å². The van der Waals surface area contributed by atoms with Gasteiger partial charge in [0.2, 0.25) is 0 Å². The number of nitrogens with one attached hydrogen (secondary N) is 1. The first-order valence-electron chi connectivity index (χ1n) is 5.93. The molecular weight excluding hydrogens is 196 g/mol. The van der Waals surface area contributed by atoms with E-state index in [-0.39, 0.29) is 0 Å². The highest BCUT2D eigenvalue weighted by molar-refractivity contribution is 5.37. The average Bonchev–Trinajstić information content (AvgIpc) is 3.10. The maximum Gasteiger partial charge on any atom is 0.0991 e. The number of aryl methyl sites for hydroxylation is 1. The molecule has 1 fully saturated rings. The lowest BCUT2D eigenvalue weighted by molar-refractivity contribution is 0.495. The number of benzene rings is 1. The maximum absolute atomic E-state index is 8.79. The molecule has 1 N–H and O–H groups in total. The highest BCUT2D eigenvalue weighted by atomic mass is 14.9. The summed E-state index contributed by atoms with van der Waals surface area (Å²) >= 11 is 0. The third-order valence-electron chi connectivity index (χ3n) is 3.42. The summed E-state index contributed by atoms with van der Waals surface area (Å²) in [6.45, 7) is 5.24. The van der Waals surface area contributed by atoms with Crippen LogP contribution in [0.15, 0.2) is 18.2 Å². The lowest BCUT2D eigenvalue weighted by atomic mass is 10.1. The highest BCUT2D eigenvalue weighted by Gasteiger charge is 2.27. The first-order chi connectivity index (χ1) is 7.70. The molecule has 1 aliphatic rings. The SMILES string of the molecule is Cc1cc(C#N)ccc1CNC(C)C1CC1. The summed E-state index contributed by atoms with van der Waals surface area (Å²) in [7, 11) is 0. The maximum atomic E-state index is 8.79. The molecule has 2 nitrogen and oxygen atoms in total. The first-order valence-corrected chi connectivity index (χ1v) is 5.93. The van der Waals surface area contributed by atoms with Crippen LogP contribution in [-0.4, -0.2) is 6.04 Å². The Morgan fingerprint density at radius 2 is 2.25 bits per heavy atom. The van der Waals surface area contributed by atoms with Gasteiger partial charge in [0.05, 0.1) is 11.6 Å². The van der Waals surface area contributed by atoms with Crippen molar-refractivity contribution in [1.29, 1.82) is 5.26 Å². The van der Waals surface area contributed by atoms with Gasteiger partial charge in [-0.1, -0.05) is 6.07 Å². The van der Waals surface area contributed by atoms with Gasteiger partial charge in [-0.2, -0.15) is 5.26 Å². The number of hydrogen-bond acceptors (Lipinski definition) is 2. The van der Waals surface area contributed by atoms with Crippen LogP contribution < -0.4 is 5.32 Å². The molecule has 2 rings (SSSR count). The molecule has 0 bridgehead atoms. The Balaban J connectivity index is 1.96. The molecule has 0 aromatic heterocycles. The lowest BCUT2D eigenvalue weighted by Gasteiger charge is -2.14. The highest BCUT2D eigenvalue weighted by Crippen LogP contribution is 2.32. The topological polar surface area (TPSA) is 35.8 Å². The summed E-state index contributed by atoms with van der Waals surface area (Å²) in [4.78, 5) is 0. The number of hydrogen-bond donors (Lipinski definition) is 1. The van der Waals surface area contributed by atoms with Crippen molar-refractivity contribution < 1.29 is 0 Å². The summed E-state index contributed by atoms with van der Waals surface area (Å²) in [5, 5.41) is 12.3. The molecule has 16 heavy (non-hydrogen) atoms. The molecule has 1 aliphatic carbocycles. The van der Waals surface area contributed by atoms with E-state index in [1.165, 1.54) is 24.0 Å². The molecule has 1 saturated carbocycles. The number of nitrogens with zero attached hydrogens (tertiary/aromatic N) is 1. The molecule has 0 heterocycles. The lowest BCUT2D eigenvalue weighted by Crippen LogP contribution is -2.27. The standard InChI is InChI=1S/C14H18N2/c1-10-7-12(8-15)3-4-14(10)9-16-11(2)13-5-6-13/h3-4,7,11,13,16H,5-6,9H2,1-2H3. The minimum absolute atomic E-state index is 0.620. The second-order valence-corrected chi connectivity index (χ2v) is 4.76. The van der Waals surface area contributed by atoms with Gasteiger partial charge in [-0.3, -0.25) is 0 Å². The number of nitriles is 1. The second-order valence-electron chi connectivity index (χ2n) is 4.76. The summed E-state index contributed by atoms with van der Waals surface area (Å²) in [6, 6.07) is 8.70. The van der Waals surface area contributed by atoms with Crippen molar-refractivity contribution in [3.63, 3.8) is 0 Å². The van der Waals surface area contributed by atoms with E-state index in [2.05, 4.69) is 31.3 Å². The Bertz CT molecular complexity index is 413. The van der Waals surface area contributed by atoms with E-state index in [4.69, 9.17) is 5.26 Å². The van der Waals surface area contributed by atoms with Crippen LogP contribution in [0.4, 0.5) is 0 Å². The van der Waals surface area contributed by atoms with Gasteiger partial charge in [0, 0.05) is 12.6 Å². The van der Waals surface area contributed by atoms with E-state index >= 15 is 0 Å². The molecule has 1 atom stereocenters. The van der Waals surface area contributed by atoms with Crippen LogP contribution in [0.25, 0.3) is 0 Å². The molecule has 0 amide bonds. The van der Waals surface area contributed by atoms with E-state index in [0.29, 0.717) is 6.04 Å². The largest absolute Gasteiger partial charge is 0.310 e. The molecule has 1 aromatic carbocycles. The fourth-order valence-electron chi connectivity index (χ4n) is 2.00. The predicted octanol–water partition coefficient (Wildman–Crippen LogP) is 2.75. The number of rotatable bonds is 4. The van der Waals surface area contributed by atoms with Gasteiger partial charge < -0.3 is 5.32 Å². The van der Waals surface area contributed by atoms with E-state index in [9.17, 15) is 0 Å². The zero-order valence-electron chi connectivity index (χ0n) is 9.96. The van der Waals surface area contributed by atoms with Gasteiger partial charge in [-0.25, -0.2) is 0 Å². The van der Waals surface area contributed by atoms with Crippen molar-refractivity contribution in [2.75, 3.05) is 0 Å². The van der Waals surface area contributed by atoms with Crippen LogP contribution in [0.3, 0.4) is 0 Å². The van der Waals surface area contributed by atoms with Crippen LogP contribution >= 0.6 is 0 Å². The Labute approximate surface area is 97.3 Å². The van der Waals surface area contributed by atoms with Crippen LogP contribution in [0.2, 0.25) is 0 Å². The predicted molar refractivity (Wildman–Crippen MR) is 64.9 cm³/mol. The molecule has 0 spiro atoms. The summed E-state index contributed by atoms with van der Waals surface area (Å²) in [6.07, 6.45) is 2.75. The van der Waals surface area contributed by atoms with Crippen LogP contribution in [-0.2, 0) is 6.54 Å². The third-order valence-corrected chi connectivity index (χ3v) is 3.42. The minimum atomic E-state index is 0.620. The molecule has 1 aromatic rings. The molecule has 0 radical (unpaired) electrons. The van der Waals surface area contributed by atoms with E-state index in [1.54, 1.807) is 0 Å². The average molecular weight is 214 g/mol. The van der Waals surface area contributed by atoms with Crippen molar-refractivity contribution >= 4 is 0 Å². The molecule has 84 valence electrons. The Hall–Kier alpha value is -1.33. The Morgan fingerprint density at radius 1 is 1.50 bits per heavy atom. The van der Waals surface area contributed by atoms with Gasteiger partial charge >= 0.3 is 0 Å². The molecule has 1 unspecified atom stereocenters. The fraction of sp³-hybridized carbons (Fsp3) is 0.500. The Morgan fingerprint density at radius 3 is 2.81 bits per heavy atom. The second kappa shape index (κ2) is 4.67. The van der Waals surface area contributed by atoms with Crippen molar-refractivity contribution in [3.8, 4) is 6.07 Å². The van der Waals surface area contributed by atoms with Gasteiger partial charge in [-0.05, 0) is 55.9 Å². The minimum Gasteiger partial charge on any atom is -0.310 e. The fourth-order valence-corrected chi connectivity index (χ4v) is 2.00. The van der Waals surface area contributed by atoms with Gasteiger partial charge in [-0.15, -0.1) is 0 Å². The molecule has 0 saturated heterocycles. The third kappa shape index (κ3) is 2.62. The summed E-state index contributed by atoms with van der Waals surface area (Å²) in [5.41, 5.74) is 3.25. The summed E-state index contributed by atoms with van der Waals surface area (Å²) in [5.74, 6) is 0.888. The summed E-state index contributed by atoms with van der Waals surface area (Å²) < 4.78 is 0. The van der Waals surface area contributed by atoms with Crippen LogP contribution in [0.5, 0.6) is 0 Å². The van der Waals surface area contributed by atoms with Gasteiger partial charge in [0.1, 0.15) is 0 Å². The van der Waals surface area contributed by atoms with Crippen LogP contribution in [0.1, 0.15) is 36.5 Å². The smallest absolute Gasteiger partial charge is 0.0991 e. The Kier molecular flexibility index (Phi) is 3.26. The van der Waals surface area contributed by atoms with E-state index in [1.807, 2.05) is 12.1 Å². The normalized spacial score (nSPS) is 16.8. The van der Waals surface area contributed by atoms with Gasteiger partial charge in [0.25, 0.3) is 0 Å². The quantitative estimate of drug-likeness (QED) is 0.836. The van der Waals surface area contributed by atoms with Gasteiger partial charge in [0.15, 0.2) is 0 Å². The van der Waals surface area contributed by atoms with Crippen molar-refractivity contribution in [2.24, 2.45) is 5.92 Å². The van der Waals surface area contributed by atoms with Crippen LogP contribution in [0, 0.1) is 24.2 Å². The molecule has 0 aliphatic heterocycles. The molecular formula is C14H18N2. The zero-order valence-corrected chi connectivity index (χ0v) is 9.96.